The SMILES string of the molecule is Cc1cc(NC(=O)/C=C/C(=O)O)c2ccccc2n1. The van der Waals surface area contributed by atoms with Crippen molar-refractivity contribution in [2.24, 2.45) is 0 Å². The first-order chi connectivity index (χ1) is 9.06. The molecule has 0 bridgehead atoms. The highest BCUT2D eigenvalue weighted by atomic mass is 16.4. The van der Waals surface area contributed by atoms with Crippen LogP contribution in [0.15, 0.2) is 42.5 Å². The van der Waals surface area contributed by atoms with Crippen LogP contribution in [-0.2, 0) is 9.59 Å². The van der Waals surface area contributed by atoms with Crippen molar-refractivity contribution < 1.29 is 14.7 Å². The molecule has 96 valence electrons. The molecular formula is C14H12N2O3. The molecule has 0 fully saturated rings. The normalized spacial score (nSPS) is 10.8. The minimum Gasteiger partial charge on any atom is -0.478 e. The van der Waals surface area contributed by atoms with Gasteiger partial charge < -0.3 is 10.4 Å². The number of amides is 1. The summed E-state index contributed by atoms with van der Waals surface area (Å²) in [6.07, 6.45) is 1.78. The summed E-state index contributed by atoms with van der Waals surface area (Å²) in [6.45, 7) is 1.83. The topological polar surface area (TPSA) is 79.3 Å². The number of benzene rings is 1. The fourth-order valence-electron chi connectivity index (χ4n) is 1.73. The molecule has 0 unspecified atom stereocenters. The number of pyridine rings is 1. The summed E-state index contributed by atoms with van der Waals surface area (Å²) < 4.78 is 0. The van der Waals surface area contributed by atoms with Gasteiger partial charge in [0.2, 0.25) is 5.91 Å². The number of hydrogen-bond acceptors (Lipinski definition) is 3. The number of anilines is 1. The van der Waals surface area contributed by atoms with Crippen LogP contribution >= 0.6 is 0 Å². The monoisotopic (exact) mass is 256 g/mol. The minimum absolute atomic E-state index is 0.488. The molecule has 0 aliphatic rings. The summed E-state index contributed by atoms with van der Waals surface area (Å²) >= 11 is 0. The Bertz CT molecular complexity index is 677. The Morgan fingerprint density at radius 1 is 1.26 bits per heavy atom. The van der Waals surface area contributed by atoms with Crippen LogP contribution in [0.3, 0.4) is 0 Å². The van der Waals surface area contributed by atoms with Gasteiger partial charge in [-0.05, 0) is 19.1 Å². The van der Waals surface area contributed by atoms with Crippen LogP contribution in [0.2, 0.25) is 0 Å². The number of aromatic nitrogens is 1. The average molecular weight is 256 g/mol. The molecule has 0 radical (unpaired) electrons. The Labute approximate surface area is 109 Å². The van der Waals surface area contributed by atoms with Gasteiger partial charge in [-0.1, -0.05) is 18.2 Å². The van der Waals surface area contributed by atoms with Crippen LogP contribution < -0.4 is 5.32 Å². The number of aryl methyl sites for hydroxylation is 1. The van der Waals surface area contributed by atoms with Gasteiger partial charge in [0.25, 0.3) is 0 Å². The van der Waals surface area contributed by atoms with Gasteiger partial charge in [-0.2, -0.15) is 0 Å². The first-order valence-corrected chi connectivity index (χ1v) is 5.64. The molecule has 2 rings (SSSR count). The lowest BCUT2D eigenvalue weighted by molar-refractivity contribution is -0.131. The van der Waals surface area contributed by atoms with E-state index in [1.165, 1.54) is 0 Å². The van der Waals surface area contributed by atoms with Gasteiger partial charge >= 0.3 is 5.97 Å². The lowest BCUT2D eigenvalue weighted by Crippen LogP contribution is -2.09. The quantitative estimate of drug-likeness (QED) is 0.824. The zero-order valence-corrected chi connectivity index (χ0v) is 10.3. The van der Waals surface area contributed by atoms with Gasteiger partial charge in [0, 0.05) is 23.2 Å². The third-order valence-corrected chi connectivity index (χ3v) is 2.48. The standard InChI is InChI=1S/C14H12N2O3/c1-9-8-12(16-13(17)6-7-14(18)19)10-4-2-3-5-11(10)15-9/h2-8H,1H3,(H,18,19)(H,15,16,17)/b7-6+. The molecule has 5 nitrogen and oxygen atoms in total. The summed E-state index contributed by atoms with van der Waals surface area (Å²) in [5, 5.41) is 11.9. The van der Waals surface area contributed by atoms with Crippen LogP contribution in [0.1, 0.15) is 5.69 Å². The fourth-order valence-corrected chi connectivity index (χ4v) is 1.73. The van der Waals surface area contributed by atoms with Crippen molar-refractivity contribution in [1.29, 1.82) is 0 Å². The van der Waals surface area contributed by atoms with Crippen LogP contribution in [0, 0.1) is 6.92 Å². The molecule has 0 spiro atoms. The number of carbonyl (C=O) groups is 2. The molecule has 0 atom stereocenters. The smallest absolute Gasteiger partial charge is 0.328 e. The van der Waals surface area contributed by atoms with Gasteiger partial charge in [0.1, 0.15) is 0 Å². The van der Waals surface area contributed by atoms with E-state index in [0.29, 0.717) is 5.69 Å². The summed E-state index contributed by atoms with van der Waals surface area (Å²) in [6, 6.07) is 9.16. The third kappa shape index (κ3) is 3.16. The number of para-hydroxylation sites is 1. The molecular weight excluding hydrogens is 244 g/mol. The van der Waals surface area contributed by atoms with Crippen LogP contribution in [0.5, 0.6) is 0 Å². The number of carboxylic acids is 1. The van der Waals surface area contributed by atoms with Gasteiger partial charge in [0.15, 0.2) is 0 Å². The first-order valence-electron chi connectivity index (χ1n) is 5.64. The van der Waals surface area contributed by atoms with E-state index in [4.69, 9.17) is 5.11 Å². The molecule has 0 aliphatic carbocycles. The van der Waals surface area contributed by atoms with E-state index in [9.17, 15) is 9.59 Å². The zero-order chi connectivity index (χ0) is 13.8. The first kappa shape index (κ1) is 12.8. The highest BCUT2D eigenvalue weighted by Gasteiger charge is 2.05. The number of aliphatic carboxylic acids is 1. The molecule has 2 N–H and O–H groups in total. The Hall–Kier alpha value is -2.69. The number of fused-ring (bicyclic) bond motifs is 1. The maximum Gasteiger partial charge on any atom is 0.328 e. The second-order valence-electron chi connectivity index (χ2n) is 3.99. The minimum atomic E-state index is -1.16. The predicted octanol–water partition coefficient (Wildman–Crippen LogP) is 2.12. The Morgan fingerprint density at radius 3 is 2.74 bits per heavy atom. The molecule has 0 saturated heterocycles. The maximum atomic E-state index is 11.6. The number of carboxylic acid groups (broad SMARTS) is 1. The number of hydrogen-bond donors (Lipinski definition) is 2. The van der Waals surface area contributed by atoms with Gasteiger partial charge in [0.05, 0.1) is 11.2 Å². The summed E-state index contributed by atoms with van der Waals surface area (Å²) in [4.78, 5) is 26.3. The molecule has 0 aliphatic heterocycles. The van der Waals surface area contributed by atoms with E-state index in [-0.39, 0.29) is 0 Å². The fraction of sp³-hybridized carbons (Fsp3) is 0.0714. The molecule has 1 aromatic carbocycles. The van der Waals surface area contributed by atoms with Gasteiger partial charge in [-0.25, -0.2) is 4.79 Å². The average Bonchev–Trinajstić information content (AvgIpc) is 2.36. The van der Waals surface area contributed by atoms with Crippen molar-refractivity contribution in [3.8, 4) is 0 Å². The van der Waals surface area contributed by atoms with E-state index in [1.807, 2.05) is 31.2 Å². The molecule has 19 heavy (non-hydrogen) atoms. The summed E-state index contributed by atoms with van der Waals surface area (Å²) in [7, 11) is 0. The van der Waals surface area contributed by atoms with Crippen molar-refractivity contribution in [3.05, 3.63) is 48.2 Å². The Morgan fingerprint density at radius 2 is 2.00 bits per heavy atom. The molecule has 1 amide bonds. The summed E-state index contributed by atoms with van der Waals surface area (Å²) in [5.41, 5.74) is 2.17. The van der Waals surface area contributed by atoms with Crippen LogP contribution in [0.25, 0.3) is 10.9 Å². The number of carbonyl (C=O) groups excluding carboxylic acids is 1. The van der Waals surface area contributed by atoms with Crippen molar-refractivity contribution in [3.63, 3.8) is 0 Å². The number of nitrogens with zero attached hydrogens (tertiary/aromatic N) is 1. The van der Waals surface area contributed by atoms with E-state index in [2.05, 4.69) is 10.3 Å². The molecule has 1 heterocycles. The second-order valence-corrected chi connectivity index (χ2v) is 3.99. The number of rotatable bonds is 3. The lowest BCUT2D eigenvalue weighted by Gasteiger charge is -2.07. The predicted molar refractivity (Wildman–Crippen MR) is 71.9 cm³/mol. The molecule has 2 aromatic rings. The second kappa shape index (κ2) is 5.30. The van der Waals surface area contributed by atoms with Gasteiger partial charge in [-0.3, -0.25) is 9.78 Å². The summed E-state index contributed by atoms with van der Waals surface area (Å²) in [5.74, 6) is -1.65. The molecule has 1 aromatic heterocycles. The third-order valence-electron chi connectivity index (χ3n) is 2.48. The highest BCUT2D eigenvalue weighted by molar-refractivity contribution is 6.07. The van der Waals surface area contributed by atoms with E-state index < -0.39 is 11.9 Å². The Balaban J connectivity index is 2.35. The van der Waals surface area contributed by atoms with E-state index in [0.717, 1.165) is 28.7 Å². The number of nitrogens with one attached hydrogen (secondary N) is 1. The van der Waals surface area contributed by atoms with Crippen molar-refractivity contribution in [2.75, 3.05) is 5.32 Å². The van der Waals surface area contributed by atoms with Crippen molar-refractivity contribution in [1.82, 2.24) is 4.98 Å². The van der Waals surface area contributed by atoms with E-state index >= 15 is 0 Å². The zero-order valence-electron chi connectivity index (χ0n) is 10.3. The van der Waals surface area contributed by atoms with Crippen molar-refractivity contribution >= 4 is 28.5 Å². The largest absolute Gasteiger partial charge is 0.478 e. The maximum absolute atomic E-state index is 11.6. The van der Waals surface area contributed by atoms with Crippen LogP contribution in [-0.4, -0.2) is 22.0 Å². The Kier molecular flexibility index (Phi) is 3.56. The lowest BCUT2D eigenvalue weighted by atomic mass is 10.1. The molecule has 5 heteroatoms. The van der Waals surface area contributed by atoms with Gasteiger partial charge in [-0.15, -0.1) is 0 Å². The highest BCUT2D eigenvalue weighted by Crippen LogP contribution is 2.22. The van der Waals surface area contributed by atoms with E-state index in [1.54, 1.807) is 6.07 Å². The van der Waals surface area contributed by atoms with Crippen LogP contribution in [0.4, 0.5) is 5.69 Å². The van der Waals surface area contributed by atoms with Crippen molar-refractivity contribution in [2.45, 2.75) is 6.92 Å². The molecule has 0 saturated carbocycles.